The van der Waals surface area contributed by atoms with Gasteiger partial charge in [0.1, 0.15) is 5.82 Å². The second-order valence-electron chi connectivity index (χ2n) is 6.00. The average molecular weight is 292 g/mol. The molecule has 1 aliphatic heterocycles. The number of benzene rings is 1. The molecule has 1 aromatic carbocycles. The van der Waals surface area contributed by atoms with Gasteiger partial charge in [0.15, 0.2) is 0 Å². The SMILES string of the molecule is CCNC(CN1C(=O)CC(C)(C)C1=O)c1ccccc1F. The Balaban J connectivity index is 2.24. The van der Waals surface area contributed by atoms with E-state index in [1.165, 1.54) is 11.0 Å². The first-order valence-electron chi connectivity index (χ1n) is 7.19. The number of rotatable bonds is 5. The zero-order valence-corrected chi connectivity index (χ0v) is 12.6. The largest absolute Gasteiger partial charge is 0.309 e. The molecule has 114 valence electrons. The molecule has 4 nitrogen and oxygen atoms in total. The molecule has 0 spiro atoms. The van der Waals surface area contributed by atoms with Crippen molar-refractivity contribution in [3.8, 4) is 0 Å². The van der Waals surface area contributed by atoms with Crippen LogP contribution in [0.15, 0.2) is 24.3 Å². The summed E-state index contributed by atoms with van der Waals surface area (Å²) in [5.74, 6) is -0.710. The van der Waals surface area contributed by atoms with Crippen molar-refractivity contribution in [2.75, 3.05) is 13.1 Å². The lowest BCUT2D eigenvalue weighted by Crippen LogP contribution is -2.40. The van der Waals surface area contributed by atoms with Gasteiger partial charge in [-0.3, -0.25) is 14.5 Å². The minimum Gasteiger partial charge on any atom is -0.309 e. The summed E-state index contributed by atoms with van der Waals surface area (Å²) in [5.41, 5.74) is -0.187. The second-order valence-corrected chi connectivity index (χ2v) is 6.00. The van der Waals surface area contributed by atoms with Gasteiger partial charge in [-0.05, 0) is 12.6 Å². The lowest BCUT2D eigenvalue weighted by molar-refractivity contribution is -0.141. The number of likely N-dealkylation sites (tertiary alicyclic amines) is 1. The van der Waals surface area contributed by atoms with Crippen LogP contribution in [0.2, 0.25) is 0 Å². The highest BCUT2D eigenvalue weighted by molar-refractivity contribution is 6.05. The number of likely N-dealkylation sites (N-methyl/N-ethyl adjacent to an activating group) is 1. The number of amides is 2. The second kappa shape index (κ2) is 5.93. The topological polar surface area (TPSA) is 49.4 Å². The van der Waals surface area contributed by atoms with Crippen molar-refractivity contribution in [1.29, 1.82) is 0 Å². The Morgan fingerprint density at radius 2 is 2.00 bits per heavy atom. The fourth-order valence-electron chi connectivity index (χ4n) is 2.67. The average Bonchev–Trinajstić information content (AvgIpc) is 2.61. The third-order valence-corrected chi connectivity index (χ3v) is 3.81. The van der Waals surface area contributed by atoms with E-state index in [0.717, 1.165) is 0 Å². The Hall–Kier alpha value is -1.75. The number of hydrogen-bond donors (Lipinski definition) is 1. The van der Waals surface area contributed by atoms with E-state index in [4.69, 9.17) is 0 Å². The first-order chi connectivity index (χ1) is 9.86. The van der Waals surface area contributed by atoms with Crippen LogP contribution in [0, 0.1) is 11.2 Å². The third-order valence-electron chi connectivity index (χ3n) is 3.81. The zero-order valence-electron chi connectivity index (χ0n) is 12.6. The molecule has 0 bridgehead atoms. The fourth-order valence-corrected chi connectivity index (χ4v) is 2.67. The van der Waals surface area contributed by atoms with Crippen LogP contribution in [-0.4, -0.2) is 29.8 Å². The number of halogens is 1. The molecule has 0 saturated carbocycles. The number of nitrogens with zero attached hydrogens (tertiary/aromatic N) is 1. The minimum absolute atomic E-state index is 0.163. The van der Waals surface area contributed by atoms with Gasteiger partial charge in [-0.2, -0.15) is 0 Å². The fraction of sp³-hybridized carbons (Fsp3) is 0.500. The number of imide groups is 1. The first-order valence-corrected chi connectivity index (χ1v) is 7.19. The highest BCUT2D eigenvalue weighted by atomic mass is 19.1. The van der Waals surface area contributed by atoms with Crippen LogP contribution in [0.5, 0.6) is 0 Å². The third kappa shape index (κ3) is 3.13. The van der Waals surface area contributed by atoms with Gasteiger partial charge >= 0.3 is 0 Å². The lowest BCUT2D eigenvalue weighted by Gasteiger charge is -2.25. The molecule has 2 amide bonds. The highest BCUT2D eigenvalue weighted by Gasteiger charge is 2.45. The van der Waals surface area contributed by atoms with Crippen molar-refractivity contribution in [2.45, 2.75) is 33.2 Å². The van der Waals surface area contributed by atoms with Gasteiger partial charge in [0, 0.05) is 18.5 Å². The van der Waals surface area contributed by atoms with E-state index >= 15 is 0 Å². The van der Waals surface area contributed by atoms with Crippen molar-refractivity contribution in [2.24, 2.45) is 5.41 Å². The van der Waals surface area contributed by atoms with Crippen LogP contribution >= 0.6 is 0 Å². The summed E-state index contributed by atoms with van der Waals surface area (Å²) in [6.45, 7) is 6.22. The maximum atomic E-state index is 14.0. The molecular weight excluding hydrogens is 271 g/mol. The van der Waals surface area contributed by atoms with Crippen LogP contribution in [0.4, 0.5) is 4.39 Å². The van der Waals surface area contributed by atoms with Crippen molar-refractivity contribution in [3.05, 3.63) is 35.6 Å². The molecule has 1 atom stereocenters. The van der Waals surface area contributed by atoms with Crippen LogP contribution in [0.3, 0.4) is 0 Å². The van der Waals surface area contributed by atoms with Crippen LogP contribution in [0.25, 0.3) is 0 Å². The molecule has 2 rings (SSSR count). The molecule has 1 aliphatic rings. The molecule has 5 heteroatoms. The predicted octanol–water partition coefficient (Wildman–Crippen LogP) is 2.26. The number of carbonyl (C=O) groups is 2. The molecule has 1 saturated heterocycles. The van der Waals surface area contributed by atoms with E-state index in [0.29, 0.717) is 12.1 Å². The van der Waals surface area contributed by atoms with E-state index in [9.17, 15) is 14.0 Å². The van der Waals surface area contributed by atoms with Crippen LogP contribution < -0.4 is 5.32 Å². The van der Waals surface area contributed by atoms with E-state index in [-0.39, 0.29) is 30.6 Å². The van der Waals surface area contributed by atoms with Gasteiger partial charge in [-0.15, -0.1) is 0 Å². The molecule has 1 aromatic rings. The maximum absolute atomic E-state index is 14.0. The summed E-state index contributed by atoms with van der Waals surface area (Å²) >= 11 is 0. The minimum atomic E-state index is -0.664. The Morgan fingerprint density at radius 1 is 1.33 bits per heavy atom. The van der Waals surface area contributed by atoms with Gasteiger partial charge in [0.2, 0.25) is 11.8 Å². The van der Waals surface area contributed by atoms with Crippen molar-refractivity contribution in [3.63, 3.8) is 0 Å². The highest BCUT2D eigenvalue weighted by Crippen LogP contribution is 2.33. The van der Waals surface area contributed by atoms with Gasteiger partial charge in [0.05, 0.1) is 11.5 Å². The molecule has 0 aromatic heterocycles. The van der Waals surface area contributed by atoms with E-state index in [1.807, 2.05) is 6.92 Å². The van der Waals surface area contributed by atoms with Crippen molar-refractivity contribution >= 4 is 11.8 Å². The molecule has 1 heterocycles. The van der Waals surface area contributed by atoms with Crippen molar-refractivity contribution in [1.82, 2.24) is 10.2 Å². The lowest BCUT2D eigenvalue weighted by atomic mass is 9.92. The molecule has 0 radical (unpaired) electrons. The quantitative estimate of drug-likeness (QED) is 0.847. The van der Waals surface area contributed by atoms with E-state index < -0.39 is 11.5 Å². The van der Waals surface area contributed by atoms with E-state index in [1.54, 1.807) is 32.0 Å². The van der Waals surface area contributed by atoms with Crippen LogP contribution in [0.1, 0.15) is 38.8 Å². The van der Waals surface area contributed by atoms with Gasteiger partial charge in [-0.25, -0.2) is 4.39 Å². The summed E-state index contributed by atoms with van der Waals surface area (Å²) in [5, 5.41) is 3.15. The summed E-state index contributed by atoms with van der Waals surface area (Å²) in [4.78, 5) is 25.6. The molecule has 1 unspecified atom stereocenters. The molecule has 0 aliphatic carbocycles. The van der Waals surface area contributed by atoms with Gasteiger partial charge in [-0.1, -0.05) is 39.0 Å². The number of carbonyl (C=O) groups excluding carboxylic acids is 2. The van der Waals surface area contributed by atoms with Crippen molar-refractivity contribution < 1.29 is 14.0 Å². The summed E-state index contributed by atoms with van der Waals surface area (Å²) in [6.07, 6.45) is 0.210. The first kappa shape index (κ1) is 15.6. The standard InChI is InChI=1S/C16H21FN2O2/c1-4-18-13(11-7-5-6-8-12(11)17)10-19-14(20)9-16(2,3)15(19)21/h5-8,13,18H,4,9-10H2,1-3H3. The number of hydrogen-bond acceptors (Lipinski definition) is 3. The smallest absolute Gasteiger partial charge is 0.235 e. The molecular formula is C16H21FN2O2. The summed E-state index contributed by atoms with van der Waals surface area (Å²) in [7, 11) is 0. The van der Waals surface area contributed by atoms with Crippen LogP contribution in [-0.2, 0) is 9.59 Å². The Kier molecular flexibility index (Phi) is 4.42. The maximum Gasteiger partial charge on any atom is 0.235 e. The molecule has 1 N–H and O–H groups in total. The molecule has 21 heavy (non-hydrogen) atoms. The molecule has 1 fully saturated rings. The Labute approximate surface area is 124 Å². The summed E-state index contributed by atoms with van der Waals surface area (Å²) < 4.78 is 14.0. The van der Waals surface area contributed by atoms with Gasteiger partial charge < -0.3 is 5.32 Å². The van der Waals surface area contributed by atoms with Gasteiger partial charge in [0.25, 0.3) is 0 Å². The Morgan fingerprint density at radius 3 is 2.52 bits per heavy atom. The predicted molar refractivity (Wildman–Crippen MR) is 77.9 cm³/mol. The number of nitrogens with one attached hydrogen (secondary N) is 1. The van der Waals surface area contributed by atoms with E-state index in [2.05, 4.69) is 5.32 Å². The Bertz CT molecular complexity index is 557. The monoisotopic (exact) mass is 292 g/mol. The zero-order chi connectivity index (χ0) is 15.6. The normalized spacial score (nSPS) is 19.1. The summed E-state index contributed by atoms with van der Waals surface area (Å²) in [6, 6.07) is 6.05.